The maximum absolute atomic E-state index is 12.0. The van der Waals surface area contributed by atoms with E-state index < -0.39 is 59.8 Å². The molecule has 0 saturated heterocycles. The van der Waals surface area contributed by atoms with Crippen molar-refractivity contribution in [1.82, 2.24) is 21.3 Å². The molecule has 0 aliphatic heterocycles. The number of carboxylic acid groups (broad SMARTS) is 1. The number of aliphatic carboxylic acids is 1. The van der Waals surface area contributed by atoms with Crippen molar-refractivity contribution in [2.45, 2.75) is 64.8 Å². The largest absolute Gasteiger partial charge is 0.480 e. The molecule has 0 fully saturated rings. The molecule has 4 amide bonds. The van der Waals surface area contributed by atoms with Crippen molar-refractivity contribution in [2.75, 3.05) is 0 Å². The van der Waals surface area contributed by atoms with Crippen LogP contribution >= 0.6 is 0 Å². The molecule has 0 aromatic carbocycles. The summed E-state index contributed by atoms with van der Waals surface area (Å²) in [6.45, 7) is 6.96. The van der Waals surface area contributed by atoms with Gasteiger partial charge >= 0.3 is 5.97 Å². The minimum Gasteiger partial charge on any atom is -0.480 e. The molecule has 0 aliphatic rings. The quantitative estimate of drug-likeness (QED) is 0.257. The molecule has 0 aliphatic carbocycles. The third-order valence-electron chi connectivity index (χ3n) is 3.40. The Balaban J connectivity index is 4.54. The third kappa shape index (κ3) is 7.92. The minimum absolute atomic E-state index is 0.511. The summed E-state index contributed by atoms with van der Waals surface area (Å²) in [4.78, 5) is 58.0. The van der Waals surface area contributed by atoms with E-state index in [1.165, 1.54) is 34.6 Å². The normalized spacial score (nSPS) is 16.2. The highest BCUT2D eigenvalue weighted by Gasteiger charge is 2.25. The highest BCUT2D eigenvalue weighted by atomic mass is 16.4. The molecule has 26 heavy (non-hydrogen) atoms. The molecular weight excluding hydrogens is 346 g/mol. The zero-order valence-electron chi connectivity index (χ0n) is 15.5. The Labute approximate surface area is 151 Å². The van der Waals surface area contributed by atoms with Crippen LogP contribution in [0.15, 0.2) is 0 Å². The van der Waals surface area contributed by atoms with E-state index in [4.69, 9.17) is 10.8 Å². The first kappa shape index (κ1) is 23.3. The second kappa shape index (κ2) is 10.3. The van der Waals surface area contributed by atoms with Crippen molar-refractivity contribution in [3.05, 3.63) is 0 Å². The number of hydrogen-bond donors (Lipinski definition) is 6. The van der Waals surface area contributed by atoms with Crippen LogP contribution in [0, 0.1) is 0 Å². The van der Waals surface area contributed by atoms with E-state index in [1.54, 1.807) is 0 Å². The van der Waals surface area contributed by atoms with E-state index in [1.807, 2.05) is 0 Å². The molecule has 0 saturated carbocycles. The van der Waals surface area contributed by atoms with Crippen molar-refractivity contribution in [3.8, 4) is 0 Å². The first-order valence-corrected chi connectivity index (χ1v) is 8.06. The lowest BCUT2D eigenvalue weighted by atomic mass is 10.2. The van der Waals surface area contributed by atoms with Gasteiger partial charge in [-0.05, 0) is 34.6 Å². The summed E-state index contributed by atoms with van der Waals surface area (Å²) in [5.74, 6) is -3.64. The first-order chi connectivity index (χ1) is 11.9. The summed E-state index contributed by atoms with van der Waals surface area (Å²) in [6.07, 6.45) is 0. The van der Waals surface area contributed by atoms with Crippen molar-refractivity contribution in [3.63, 3.8) is 0 Å². The molecule has 11 nitrogen and oxygen atoms in total. The summed E-state index contributed by atoms with van der Waals surface area (Å²) in [6, 6.07) is -4.77. The maximum atomic E-state index is 12.0. The Morgan fingerprint density at radius 2 is 0.885 bits per heavy atom. The van der Waals surface area contributed by atoms with Gasteiger partial charge in [0.05, 0.1) is 6.04 Å². The van der Waals surface area contributed by atoms with Crippen LogP contribution in [-0.4, -0.2) is 64.9 Å². The second-order valence-electron chi connectivity index (χ2n) is 6.05. The van der Waals surface area contributed by atoms with Crippen LogP contribution in [0.25, 0.3) is 0 Å². The topological polar surface area (TPSA) is 180 Å². The molecule has 0 aromatic heterocycles. The average molecular weight is 373 g/mol. The summed E-state index contributed by atoms with van der Waals surface area (Å²) < 4.78 is 0. The fourth-order valence-corrected chi connectivity index (χ4v) is 1.62. The van der Waals surface area contributed by atoms with Crippen LogP contribution in [-0.2, 0) is 24.0 Å². The number of nitrogens with one attached hydrogen (secondary N) is 4. The first-order valence-electron chi connectivity index (χ1n) is 8.06. The lowest BCUT2D eigenvalue weighted by Crippen LogP contribution is -2.56. The summed E-state index contributed by atoms with van der Waals surface area (Å²) >= 11 is 0. The highest BCUT2D eigenvalue weighted by Crippen LogP contribution is 1.92. The number of amides is 4. The molecule has 0 radical (unpaired) electrons. The maximum Gasteiger partial charge on any atom is 0.325 e. The van der Waals surface area contributed by atoms with E-state index in [0.29, 0.717) is 0 Å². The third-order valence-corrected chi connectivity index (χ3v) is 3.40. The predicted molar refractivity (Wildman–Crippen MR) is 91.7 cm³/mol. The molecule has 7 N–H and O–H groups in total. The molecule has 5 atom stereocenters. The Hall–Kier alpha value is -2.69. The molecule has 0 unspecified atom stereocenters. The lowest BCUT2D eigenvalue weighted by molar-refractivity contribution is -0.141. The number of nitrogens with two attached hydrogens (primary N) is 1. The smallest absolute Gasteiger partial charge is 0.325 e. The number of carbonyl (C=O) groups excluding carboxylic acids is 4. The van der Waals surface area contributed by atoms with Crippen LogP contribution in [0.3, 0.4) is 0 Å². The van der Waals surface area contributed by atoms with Gasteiger partial charge in [0.1, 0.15) is 24.2 Å². The Morgan fingerprint density at radius 3 is 1.15 bits per heavy atom. The van der Waals surface area contributed by atoms with Gasteiger partial charge in [0.25, 0.3) is 0 Å². The molecule has 11 heteroatoms. The number of carboxylic acids is 1. The van der Waals surface area contributed by atoms with Crippen LogP contribution in [0.4, 0.5) is 0 Å². The lowest BCUT2D eigenvalue weighted by Gasteiger charge is -2.21. The molecule has 0 rings (SSSR count). The summed E-state index contributed by atoms with van der Waals surface area (Å²) in [5, 5.41) is 18.1. The number of carbonyl (C=O) groups is 5. The van der Waals surface area contributed by atoms with Gasteiger partial charge in [-0.2, -0.15) is 0 Å². The zero-order valence-corrected chi connectivity index (χ0v) is 15.5. The van der Waals surface area contributed by atoms with E-state index in [-0.39, 0.29) is 0 Å². The Bertz CT molecular complexity index is 565. The van der Waals surface area contributed by atoms with Crippen molar-refractivity contribution < 1.29 is 29.1 Å². The van der Waals surface area contributed by atoms with Gasteiger partial charge in [-0.25, -0.2) is 0 Å². The summed E-state index contributed by atoms with van der Waals surface area (Å²) in [5.41, 5.74) is 5.39. The fourth-order valence-electron chi connectivity index (χ4n) is 1.62. The highest BCUT2D eigenvalue weighted by molar-refractivity contribution is 5.94. The second-order valence-corrected chi connectivity index (χ2v) is 6.05. The van der Waals surface area contributed by atoms with Crippen molar-refractivity contribution >= 4 is 29.6 Å². The standard InChI is InChI=1S/C15H27N5O6/c1-6(16)11(21)17-7(2)12(22)18-8(3)13(23)19-9(4)14(24)20-10(5)15(25)26/h6-10H,16H2,1-5H3,(H,17,21)(H,18,22)(H,19,23)(H,20,24)(H,25,26)/t6-,7-,8-,9-,10-/m0/s1. The van der Waals surface area contributed by atoms with Gasteiger partial charge < -0.3 is 32.1 Å². The SMILES string of the molecule is C[C@H](N)C(=O)N[C@@H](C)C(=O)N[C@@H](C)C(=O)N[C@@H](C)C(=O)N[C@@H](C)C(=O)O. The molecule has 0 aromatic rings. The summed E-state index contributed by atoms with van der Waals surface area (Å²) in [7, 11) is 0. The number of rotatable bonds is 9. The molecule has 0 bridgehead atoms. The van der Waals surface area contributed by atoms with Gasteiger partial charge in [0.2, 0.25) is 23.6 Å². The Kier molecular flexibility index (Phi) is 9.27. The minimum atomic E-state index is -1.21. The number of hydrogen-bond acceptors (Lipinski definition) is 6. The van der Waals surface area contributed by atoms with Crippen LogP contribution in [0.1, 0.15) is 34.6 Å². The van der Waals surface area contributed by atoms with E-state index in [0.717, 1.165) is 0 Å². The van der Waals surface area contributed by atoms with E-state index >= 15 is 0 Å². The molecule has 148 valence electrons. The van der Waals surface area contributed by atoms with Gasteiger partial charge in [0.15, 0.2) is 0 Å². The monoisotopic (exact) mass is 373 g/mol. The van der Waals surface area contributed by atoms with Crippen molar-refractivity contribution in [1.29, 1.82) is 0 Å². The van der Waals surface area contributed by atoms with E-state index in [9.17, 15) is 24.0 Å². The average Bonchev–Trinajstić information content (AvgIpc) is 2.53. The fraction of sp³-hybridized carbons (Fsp3) is 0.667. The van der Waals surface area contributed by atoms with Crippen LogP contribution in [0.5, 0.6) is 0 Å². The van der Waals surface area contributed by atoms with Gasteiger partial charge in [-0.15, -0.1) is 0 Å². The van der Waals surface area contributed by atoms with Crippen molar-refractivity contribution in [2.24, 2.45) is 5.73 Å². The van der Waals surface area contributed by atoms with Gasteiger partial charge in [-0.1, -0.05) is 0 Å². The molecular formula is C15H27N5O6. The van der Waals surface area contributed by atoms with Gasteiger partial charge in [-0.3, -0.25) is 24.0 Å². The predicted octanol–water partition coefficient (Wildman–Crippen LogP) is -2.56. The van der Waals surface area contributed by atoms with Crippen LogP contribution in [0.2, 0.25) is 0 Å². The molecule has 0 heterocycles. The van der Waals surface area contributed by atoms with Crippen LogP contribution < -0.4 is 27.0 Å². The van der Waals surface area contributed by atoms with Gasteiger partial charge in [0, 0.05) is 0 Å². The molecule has 0 spiro atoms. The zero-order chi connectivity index (χ0) is 20.6. The van der Waals surface area contributed by atoms with E-state index in [2.05, 4.69) is 21.3 Å². The Morgan fingerprint density at radius 1 is 0.615 bits per heavy atom.